The minimum absolute atomic E-state index is 0.0248. The Bertz CT molecular complexity index is 865. The number of para-hydroxylation sites is 1. The summed E-state index contributed by atoms with van der Waals surface area (Å²) in [6, 6.07) is 13.8. The molecule has 1 unspecified atom stereocenters. The Morgan fingerprint density at radius 1 is 1.08 bits per heavy atom. The number of amides is 1. The summed E-state index contributed by atoms with van der Waals surface area (Å²) in [5.41, 5.74) is 1.32. The average molecular weight is 395 g/mol. The van der Waals surface area contributed by atoms with E-state index in [1.807, 2.05) is 24.3 Å². The lowest BCUT2D eigenvalue weighted by atomic mass is 9.96. The molecule has 0 radical (unpaired) electrons. The Kier molecular flexibility index (Phi) is 6.81. The quantitative estimate of drug-likeness (QED) is 0.751. The van der Waals surface area contributed by atoms with E-state index in [9.17, 15) is 13.2 Å². The third kappa shape index (κ3) is 5.56. The van der Waals surface area contributed by atoms with Crippen LogP contribution in [-0.4, -0.2) is 27.1 Å². The van der Waals surface area contributed by atoms with Crippen molar-refractivity contribution in [3.8, 4) is 0 Å². The van der Waals surface area contributed by atoms with E-state index in [1.54, 1.807) is 18.2 Å². The highest BCUT2D eigenvalue weighted by molar-refractivity contribution is 7.90. The second kappa shape index (κ2) is 8.66. The molecule has 26 heavy (non-hydrogen) atoms. The highest BCUT2D eigenvalue weighted by Crippen LogP contribution is 2.23. The number of hydrogen-bond acceptors (Lipinski definition) is 4. The predicted molar refractivity (Wildman–Crippen MR) is 105 cm³/mol. The molecular weight excluding hydrogens is 372 g/mol. The van der Waals surface area contributed by atoms with Crippen LogP contribution >= 0.6 is 11.6 Å². The lowest BCUT2D eigenvalue weighted by Gasteiger charge is -2.23. The summed E-state index contributed by atoms with van der Waals surface area (Å²) in [4.78, 5) is 12.4. The number of carbonyl (C=O) groups excluding carboxylic acids is 1. The highest BCUT2D eigenvalue weighted by atomic mass is 35.5. The van der Waals surface area contributed by atoms with Gasteiger partial charge in [-0.1, -0.05) is 49.7 Å². The number of hydrogen-bond donors (Lipinski definition) is 2. The number of rotatable bonds is 7. The fourth-order valence-electron chi connectivity index (χ4n) is 2.70. The number of halogens is 1. The van der Waals surface area contributed by atoms with Gasteiger partial charge >= 0.3 is 0 Å². The number of sulfone groups is 1. The molecule has 5 nitrogen and oxygen atoms in total. The van der Waals surface area contributed by atoms with E-state index in [-0.39, 0.29) is 35.0 Å². The minimum atomic E-state index is -3.42. The van der Waals surface area contributed by atoms with Gasteiger partial charge in [-0.3, -0.25) is 4.79 Å². The second-order valence-electron chi connectivity index (χ2n) is 6.47. The standard InChI is InChI=1S/C19H23ClN2O3S/c1-13(2)19(14-8-10-15(20)11-9-14)21-12-18(23)22-16-6-4-5-7-17(16)26(3,24)25/h4-11,13,19,21H,12H2,1-3H3,(H,22,23). The zero-order valence-corrected chi connectivity index (χ0v) is 16.6. The molecule has 0 aliphatic carbocycles. The predicted octanol–water partition coefficient (Wildman–Crippen LogP) is 3.67. The molecule has 1 amide bonds. The maximum atomic E-state index is 12.3. The normalized spacial score (nSPS) is 12.8. The number of benzene rings is 2. The lowest BCUT2D eigenvalue weighted by Crippen LogP contribution is -2.33. The van der Waals surface area contributed by atoms with Gasteiger partial charge in [-0.25, -0.2) is 8.42 Å². The summed E-state index contributed by atoms with van der Waals surface area (Å²) in [6.07, 6.45) is 1.12. The Hall–Kier alpha value is -1.89. The van der Waals surface area contributed by atoms with Gasteiger partial charge in [0.1, 0.15) is 0 Å². The number of carbonyl (C=O) groups is 1. The Labute approximate surface area is 159 Å². The van der Waals surface area contributed by atoms with E-state index < -0.39 is 9.84 Å². The van der Waals surface area contributed by atoms with Crippen molar-refractivity contribution in [1.29, 1.82) is 0 Å². The molecule has 0 aliphatic heterocycles. The minimum Gasteiger partial charge on any atom is -0.324 e. The van der Waals surface area contributed by atoms with Crippen molar-refractivity contribution in [2.24, 2.45) is 5.92 Å². The van der Waals surface area contributed by atoms with E-state index in [4.69, 9.17) is 11.6 Å². The van der Waals surface area contributed by atoms with Crippen LogP contribution in [0.4, 0.5) is 5.69 Å². The van der Waals surface area contributed by atoms with Crippen molar-refractivity contribution in [3.05, 3.63) is 59.1 Å². The zero-order chi connectivity index (χ0) is 19.3. The van der Waals surface area contributed by atoms with Crippen LogP contribution in [0.25, 0.3) is 0 Å². The Morgan fingerprint density at radius 2 is 1.69 bits per heavy atom. The molecule has 140 valence electrons. The van der Waals surface area contributed by atoms with Crippen molar-refractivity contribution < 1.29 is 13.2 Å². The molecule has 0 aliphatic rings. The van der Waals surface area contributed by atoms with Gasteiger partial charge in [0.15, 0.2) is 9.84 Å². The molecule has 0 saturated carbocycles. The second-order valence-corrected chi connectivity index (χ2v) is 8.89. The smallest absolute Gasteiger partial charge is 0.238 e. The maximum Gasteiger partial charge on any atom is 0.238 e. The van der Waals surface area contributed by atoms with E-state index in [1.165, 1.54) is 6.07 Å². The van der Waals surface area contributed by atoms with Crippen molar-refractivity contribution in [1.82, 2.24) is 5.32 Å². The SMILES string of the molecule is CC(C)C(NCC(=O)Nc1ccccc1S(C)(=O)=O)c1ccc(Cl)cc1. The van der Waals surface area contributed by atoms with E-state index >= 15 is 0 Å². The van der Waals surface area contributed by atoms with Crippen LogP contribution in [0.3, 0.4) is 0 Å². The first-order chi connectivity index (χ1) is 12.2. The van der Waals surface area contributed by atoms with Gasteiger partial charge in [0.05, 0.1) is 17.1 Å². The Morgan fingerprint density at radius 3 is 2.27 bits per heavy atom. The fraction of sp³-hybridized carbons (Fsp3) is 0.316. The van der Waals surface area contributed by atoms with Crippen LogP contribution in [0.5, 0.6) is 0 Å². The molecular formula is C19H23ClN2O3S. The van der Waals surface area contributed by atoms with Crippen LogP contribution in [0, 0.1) is 5.92 Å². The van der Waals surface area contributed by atoms with Crippen LogP contribution < -0.4 is 10.6 Å². The van der Waals surface area contributed by atoms with Crippen molar-refractivity contribution in [3.63, 3.8) is 0 Å². The molecule has 1 atom stereocenters. The summed E-state index contributed by atoms with van der Waals surface area (Å²) in [7, 11) is -3.42. The monoisotopic (exact) mass is 394 g/mol. The summed E-state index contributed by atoms with van der Waals surface area (Å²) in [5, 5.41) is 6.56. The molecule has 2 N–H and O–H groups in total. The molecule has 0 bridgehead atoms. The van der Waals surface area contributed by atoms with Crippen LogP contribution in [0.15, 0.2) is 53.4 Å². The topological polar surface area (TPSA) is 75.3 Å². The molecule has 0 aromatic heterocycles. The van der Waals surface area contributed by atoms with Crippen LogP contribution in [0.1, 0.15) is 25.5 Å². The molecule has 7 heteroatoms. The first kappa shape index (κ1) is 20.4. The first-order valence-electron chi connectivity index (χ1n) is 8.26. The van der Waals surface area contributed by atoms with Gasteiger partial charge in [0.25, 0.3) is 0 Å². The number of nitrogens with one attached hydrogen (secondary N) is 2. The molecule has 0 spiro atoms. The highest BCUT2D eigenvalue weighted by Gasteiger charge is 2.18. The zero-order valence-electron chi connectivity index (χ0n) is 15.0. The summed E-state index contributed by atoms with van der Waals surface area (Å²) < 4.78 is 23.7. The number of anilines is 1. The van der Waals surface area contributed by atoms with Crippen molar-refractivity contribution >= 4 is 33.0 Å². The molecule has 0 saturated heterocycles. The lowest BCUT2D eigenvalue weighted by molar-refractivity contribution is -0.115. The molecule has 2 aromatic rings. The van der Waals surface area contributed by atoms with Gasteiger partial charge in [-0.15, -0.1) is 0 Å². The van der Waals surface area contributed by atoms with Gasteiger partial charge in [-0.2, -0.15) is 0 Å². The molecule has 2 rings (SSSR count). The van der Waals surface area contributed by atoms with Gasteiger partial charge in [0, 0.05) is 17.3 Å². The van der Waals surface area contributed by atoms with Crippen molar-refractivity contribution in [2.75, 3.05) is 18.1 Å². The first-order valence-corrected chi connectivity index (χ1v) is 10.5. The molecule has 2 aromatic carbocycles. The largest absolute Gasteiger partial charge is 0.324 e. The van der Waals surface area contributed by atoms with Crippen LogP contribution in [0.2, 0.25) is 5.02 Å². The van der Waals surface area contributed by atoms with Crippen LogP contribution in [-0.2, 0) is 14.6 Å². The fourth-order valence-corrected chi connectivity index (χ4v) is 3.67. The van der Waals surface area contributed by atoms with E-state index in [0.717, 1.165) is 11.8 Å². The average Bonchev–Trinajstić information content (AvgIpc) is 2.56. The third-order valence-electron chi connectivity index (χ3n) is 3.94. The summed E-state index contributed by atoms with van der Waals surface area (Å²) in [6.45, 7) is 4.18. The Balaban J connectivity index is 2.07. The van der Waals surface area contributed by atoms with E-state index in [0.29, 0.717) is 5.02 Å². The van der Waals surface area contributed by atoms with Gasteiger partial charge in [0.2, 0.25) is 5.91 Å². The third-order valence-corrected chi connectivity index (χ3v) is 5.35. The summed E-state index contributed by atoms with van der Waals surface area (Å²) >= 11 is 5.93. The van der Waals surface area contributed by atoms with Gasteiger partial charge < -0.3 is 10.6 Å². The molecule has 0 fully saturated rings. The molecule has 0 heterocycles. The summed E-state index contributed by atoms with van der Waals surface area (Å²) in [5.74, 6) is -0.0482. The van der Waals surface area contributed by atoms with Crippen molar-refractivity contribution in [2.45, 2.75) is 24.8 Å². The van der Waals surface area contributed by atoms with Gasteiger partial charge in [-0.05, 0) is 35.7 Å². The van der Waals surface area contributed by atoms with E-state index in [2.05, 4.69) is 24.5 Å². The maximum absolute atomic E-state index is 12.3.